The third-order valence-electron chi connectivity index (χ3n) is 10.3. The quantitative estimate of drug-likeness (QED) is 0.0696. The van der Waals surface area contributed by atoms with Crippen LogP contribution < -0.4 is 9.47 Å². The smallest absolute Gasteiger partial charge is 0.320 e. The second-order valence-corrected chi connectivity index (χ2v) is 14.3. The molecule has 2 amide bonds. The third-order valence-corrected chi connectivity index (χ3v) is 10.3. The van der Waals surface area contributed by atoms with E-state index in [0.29, 0.717) is 48.9 Å². The van der Waals surface area contributed by atoms with Crippen LogP contribution in [-0.2, 0) is 46.5 Å². The molecule has 4 aromatic rings. The van der Waals surface area contributed by atoms with Crippen LogP contribution in [0, 0.1) is 29.6 Å². The number of carbonyl (C=O) groups is 5. The van der Waals surface area contributed by atoms with Gasteiger partial charge in [-0.05, 0) is 91.3 Å². The fourth-order valence-electron chi connectivity index (χ4n) is 7.72. The number of benzene rings is 4. The van der Waals surface area contributed by atoms with E-state index >= 15 is 0 Å². The van der Waals surface area contributed by atoms with E-state index in [0.717, 1.165) is 18.2 Å². The maximum Gasteiger partial charge on any atom is 0.320 e. The summed E-state index contributed by atoms with van der Waals surface area (Å²) in [6, 6.07) is 33.3. The molecule has 0 radical (unpaired) electrons. The summed E-state index contributed by atoms with van der Waals surface area (Å²) < 4.78 is 22.2. The Balaban J connectivity index is 1.48. The minimum atomic E-state index is -1.62. The molecule has 12 heteroatoms. The van der Waals surface area contributed by atoms with E-state index in [1.165, 1.54) is 0 Å². The highest BCUT2D eigenvalue weighted by Gasteiger charge is 2.64. The zero-order valence-corrected chi connectivity index (χ0v) is 33.5. The average Bonchev–Trinajstić information content (AvgIpc) is 3.22. The molecule has 1 N–H and O–H groups in total. The Labute approximate surface area is 339 Å². The molecule has 0 heterocycles. The van der Waals surface area contributed by atoms with Crippen molar-refractivity contribution in [1.82, 2.24) is 9.80 Å². The van der Waals surface area contributed by atoms with Crippen molar-refractivity contribution < 1.29 is 48.0 Å². The standard InChI is InChI=1S/C46H52N2O10/c1-5-26-47(29-31-18-22-35(23-19-31)57-33-14-10-8-11-15-33)43(51)40-37(28-38(49)50)39(42(45(53)55-4)46(54)56-7-3)41(40)44(52)48(27-6-2)30-32-20-24-36(25-21-32)58-34-16-12-9-13-17-34/h8-25,37,39-42H,5-7,26-30H2,1-4H3,(H,49,50)/t37-,39-,40-,41-,42-/m0/s1. The summed E-state index contributed by atoms with van der Waals surface area (Å²) >= 11 is 0. The largest absolute Gasteiger partial charge is 0.481 e. The van der Waals surface area contributed by atoms with Gasteiger partial charge in [-0.3, -0.25) is 24.0 Å². The van der Waals surface area contributed by atoms with Crippen molar-refractivity contribution in [2.75, 3.05) is 26.8 Å². The highest BCUT2D eigenvalue weighted by Crippen LogP contribution is 2.54. The molecule has 5 atom stereocenters. The number of ether oxygens (including phenoxy) is 4. The first-order valence-electron chi connectivity index (χ1n) is 19.8. The summed E-state index contributed by atoms with van der Waals surface area (Å²) in [5.74, 6) is -7.67. The summed E-state index contributed by atoms with van der Waals surface area (Å²) in [7, 11) is 1.12. The molecular formula is C46H52N2O10. The van der Waals surface area contributed by atoms with Gasteiger partial charge >= 0.3 is 17.9 Å². The second-order valence-electron chi connectivity index (χ2n) is 14.3. The molecule has 4 aromatic carbocycles. The van der Waals surface area contributed by atoms with Crippen molar-refractivity contribution in [3.05, 3.63) is 120 Å². The number of rotatable bonds is 20. The first-order chi connectivity index (χ1) is 28.1. The number of esters is 2. The summed E-state index contributed by atoms with van der Waals surface area (Å²) in [5, 5.41) is 10.1. The van der Waals surface area contributed by atoms with Gasteiger partial charge in [-0.25, -0.2) is 0 Å². The van der Waals surface area contributed by atoms with Crippen molar-refractivity contribution in [1.29, 1.82) is 0 Å². The molecule has 306 valence electrons. The van der Waals surface area contributed by atoms with E-state index in [9.17, 15) is 29.1 Å². The Kier molecular flexibility index (Phi) is 15.4. The third kappa shape index (κ3) is 10.8. The zero-order valence-electron chi connectivity index (χ0n) is 33.5. The highest BCUT2D eigenvalue weighted by molar-refractivity contribution is 5.98. The van der Waals surface area contributed by atoms with Gasteiger partial charge in [0.25, 0.3) is 0 Å². The molecule has 0 spiro atoms. The molecule has 1 fully saturated rings. The number of aliphatic carboxylic acids is 1. The van der Waals surface area contributed by atoms with Gasteiger partial charge in [0.1, 0.15) is 23.0 Å². The fourth-order valence-corrected chi connectivity index (χ4v) is 7.72. The van der Waals surface area contributed by atoms with Crippen LogP contribution in [0.2, 0.25) is 0 Å². The van der Waals surface area contributed by atoms with E-state index in [1.54, 1.807) is 41.0 Å². The maximum atomic E-state index is 15.0. The van der Waals surface area contributed by atoms with E-state index in [4.69, 9.17) is 18.9 Å². The van der Waals surface area contributed by atoms with Crippen molar-refractivity contribution in [3.63, 3.8) is 0 Å². The van der Waals surface area contributed by atoms with Crippen LogP contribution in [0.15, 0.2) is 109 Å². The van der Waals surface area contributed by atoms with Gasteiger partial charge < -0.3 is 33.9 Å². The Hall–Kier alpha value is -6.17. The number of para-hydroxylation sites is 2. The number of amides is 2. The molecule has 1 saturated carbocycles. The lowest BCUT2D eigenvalue weighted by Gasteiger charge is -2.53. The van der Waals surface area contributed by atoms with Gasteiger partial charge in [0.05, 0.1) is 25.6 Å². The Morgan fingerprint density at radius 3 is 1.43 bits per heavy atom. The number of methoxy groups -OCH3 is 1. The van der Waals surface area contributed by atoms with E-state index in [1.807, 2.05) is 98.8 Å². The lowest BCUT2D eigenvalue weighted by atomic mass is 9.50. The molecule has 12 nitrogen and oxygen atoms in total. The van der Waals surface area contributed by atoms with Gasteiger partial charge in [-0.1, -0.05) is 74.5 Å². The van der Waals surface area contributed by atoms with Crippen LogP contribution in [-0.4, -0.2) is 71.4 Å². The minimum Gasteiger partial charge on any atom is -0.481 e. The van der Waals surface area contributed by atoms with Crippen molar-refractivity contribution >= 4 is 29.7 Å². The van der Waals surface area contributed by atoms with Crippen LogP contribution >= 0.6 is 0 Å². The Bertz CT molecular complexity index is 1970. The van der Waals surface area contributed by atoms with Crippen LogP contribution in [0.25, 0.3) is 0 Å². The second kappa shape index (κ2) is 20.8. The van der Waals surface area contributed by atoms with Crippen LogP contribution in [0.5, 0.6) is 23.0 Å². The van der Waals surface area contributed by atoms with Crippen molar-refractivity contribution in [2.24, 2.45) is 29.6 Å². The van der Waals surface area contributed by atoms with Crippen molar-refractivity contribution in [3.8, 4) is 23.0 Å². The molecule has 1 aliphatic rings. The van der Waals surface area contributed by atoms with Crippen LogP contribution in [0.1, 0.15) is 51.2 Å². The summed E-state index contributed by atoms with van der Waals surface area (Å²) in [4.78, 5) is 72.4. The molecule has 58 heavy (non-hydrogen) atoms. The van der Waals surface area contributed by atoms with E-state index < -0.39 is 65.7 Å². The Morgan fingerprint density at radius 1 is 0.603 bits per heavy atom. The van der Waals surface area contributed by atoms with Crippen LogP contribution in [0.4, 0.5) is 0 Å². The molecule has 1 aliphatic carbocycles. The average molecular weight is 793 g/mol. The summed E-state index contributed by atoms with van der Waals surface area (Å²) in [5.41, 5.74) is 1.58. The van der Waals surface area contributed by atoms with Crippen molar-refractivity contribution in [2.45, 2.75) is 53.1 Å². The number of carboxylic acid groups (broad SMARTS) is 1. The van der Waals surface area contributed by atoms with Crippen LogP contribution in [0.3, 0.4) is 0 Å². The molecule has 5 rings (SSSR count). The normalized spacial score (nSPS) is 17.5. The van der Waals surface area contributed by atoms with Gasteiger partial charge in [-0.2, -0.15) is 0 Å². The molecule has 0 aromatic heterocycles. The van der Waals surface area contributed by atoms with E-state index in [-0.39, 0.29) is 19.7 Å². The first-order valence-corrected chi connectivity index (χ1v) is 19.8. The number of carboxylic acids is 1. The van der Waals surface area contributed by atoms with Gasteiger partial charge in [0.2, 0.25) is 11.8 Å². The number of hydrogen-bond acceptors (Lipinski definition) is 9. The number of carbonyl (C=O) groups excluding carboxylic acids is 4. The highest BCUT2D eigenvalue weighted by atomic mass is 16.5. The summed E-state index contributed by atoms with van der Waals surface area (Å²) in [6.45, 7) is 6.31. The number of nitrogens with zero attached hydrogens (tertiary/aromatic N) is 2. The minimum absolute atomic E-state index is 0.0605. The lowest BCUT2D eigenvalue weighted by Crippen LogP contribution is -2.64. The summed E-state index contributed by atoms with van der Waals surface area (Å²) in [6.07, 6.45) is 0.596. The predicted octanol–water partition coefficient (Wildman–Crippen LogP) is 7.75. The molecular weight excluding hydrogens is 741 g/mol. The van der Waals surface area contributed by atoms with E-state index in [2.05, 4.69) is 0 Å². The Morgan fingerprint density at radius 2 is 1.03 bits per heavy atom. The molecule has 0 bridgehead atoms. The molecule has 0 aliphatic heterocycles. The SMILES string of the molecule is CCCN(Cc1ccc(Oc2ccccc2)cc1)C(=O)[C@@H]1[C@@H](C(=O)N(CCC)Cc2ccc(Oc3ccccc3)cc2)[C@@H](CC(=O)O)[C@@H]1[C@@H](C(=O)OC)C(=O)OCC. The molecule has 0 saturated heterocycles. The van der Waals surface area contributed by atoms with Gasteiger partial charge in [0.15, 0.2) is 5.92 Å². The fraction of sp³-hybridized carbons (Fsp3) is 0.370. The van der Waals surface area contributed by atoms with Gasteiger partial charge in [0, 0.05) is 32.6 Å². The topological polar surface area (TPSA) is 149 Å². The predicted molar refractivity (Wildman–Crippen MR) is 216 cm³/mol. The van der Waals surface area contributed by atoms with Gasteiger partial charge in [-0.15, -0.1) is 0 Å². The monoisotopic (exact) mass is 792 g/mol. The maximum absolute atomic E-state index is 15.0. The lowest BCUT2D eigenvalue weighted by molar-refractivity contribution is -0.188. The number of hydrogen-bond donors (Lipinski definition) is 1. The molecule has 0 unspecified atom stereocenters. The first kappa shape index (κ1) is 43.0. The zero-order chi connectivity index (χ0) is 41.6.